The Morgan fingerprint density at radius 1 is 0.390 bits per heavy atom. The average molecular weight is 600 g/mol. The molecule has 9 N–H and O–H groups in total. The van der Waals surface area contributed by atoms with E-state index in [0.29, 0.717) is 4.90 Å². The van der Waals surface area contributed by atoms with Gasteiger partial charge in [0.1, 0.15) is 6.23 Å². The SMILES string of the molecule is O=C(O)CN(CC(=O)O)CC(O)N(CC(=O)O)CC(=O)O.O=C(O)CN(CCN(CC(=O)O)CC(=O)O)CC(=O)O. The van der Waals surface area contributed by atoms with E-state index in [-0.39, 0.29) is 13.1 Å². The minimum atomic E-state index is -1.64. The number of aliphatic carboxylic acids is 8. The molecular formula is C20H32N4O17. The summed E-state index contributed by atoms with van der Waals surface area (Å²) < 4.78 is 0. The Morgan fingerprint density at radius 2 is 0.610 bits per heavy atom. The molecule has 1 atom stereocenters. The number of carboxylic acids is 8. The van der Waals surface area contributed by atoms with Gasteiger partial charge >= 0.3 is 47.8 Å². The minimum Gasteiger partial charge on any atom is -0.480 e. The summed E-state index contributed by atoms with van der Waals surface area (Å²) in [5.74, 6) is -10.4. The summed E-state index contributed by atoms with van der Waals surface area (Å²) in [6, 6.07) is 0. The number of carboxylic acid groups (broad SMARTS) is 8. The lowest BCUT2D eigenvalue weighted by molar-refractivity contribution is -0.151. The van der Waals surface area contributed by atoms with Crippen LogP contribution in [0.5, 0.6) is 0 Å². The predicted octanol–water partition coefficient (Wildman–Crippen LogP) is -4.82. The summed E-state index contributed by atoms with van der Waals surface area (Å²) in [6.07, 6.45) is -1.64. The van der Waals surface area contributed by atoms with E-state index >= 15 is 0 Å². The monoisotopic (exact) mass is 600 g/mol. The van der Waals surface area contributed by atoms with Crippen molar-refractivity contribution in [1.29, 1.82) is 0 Å². The quantitative estimate of drug-likeness (QED) is 0.0526. The maximum Gasteiger partial charge on any atom is 0.317 e. The van der Waals surface area contributed by atoms with Crippen LogP contribution in [0.4, 0.5) is 0 Å². The lowest BCUT2D eigenvalue weighted by atomic mass is 10.3. The maximum atomic E-state index is 10.6. The maximum absolute atomic E-state index is 10.6. The molecule has 0 fully saturated rings. The Kier molecular flexibility index (Phi) is 19.3. The first-order valence-electron chi connectivity index (χ1n) is 11.2. The van der Waals surface area contributed by atoms with E-state index in [0.717, 1.165) is 14.7 Å². The highest BCUT2D eigenvalue weighted by Gasteiger charge is 2.25. The van der Waals surface area contributed by atoms with Gasteiger partial charge in [-0.05, 0) is 0 Å². The van der Waals surface area contributed by atoms with Crippen molar-refractivity contribution >= 4 is 47.8 Å². The molecule has 0 aromatic carbocycles. The third-order valence-electron chi connectivity index (χ3n) is 4.41. The van der Waals surface area contributed by atoms with E-state index < -0.39 is 113 Å². The molecule has 21 heteroatoms. The normalized spacial score (nSPS) is 11.5. The van der Waals surface area contributed by atoms with Gasteiger partial charge in [-0.25, -0.2) is 0 Å². The molecular weight excluding hydrogens is 568 g/mol. The highest BCUT2D eigenvalue weighted by molar-refractivity contribution is 5.74. The number of hydrogen-bond donors (Lipinski definition) is 9. The van der Waals surface area contributed by atoms with E-state index in [1.807, 2.05) is 0 Å². The van der Waals surface area contributed by atoms with Gasteiger partial charge in [-0.1, -0.05) is 0 Å². The molecule has 0 saturated carbocycles. The molecule has 0 heterocycles. The molecule has 234 valence electrons. The van der Waals surface area contributed by atoms with Crippen LogP contribution in [0.2, 0.25) is 0 Å². The first kappa shape index (κ1) is 38.7. The summed E-state index contributed by atoms with van der Waals surface area (Å²) in [6.45, 7) is -5.75. The number of aliphatic hydroxyl groups is 1. The molecule has 0 aliphatic carbocycles. The van der Waals surface area contributed by atoms with E-state index in [9.17, 15) is 43.5 Å². The topological polar surface area (TPSA) is 332 Å². The van der Waals surface area contributed by atoms with E-state index in [2.05, 4.69) is 0 Å². The molecule has 0 rings (SSSR count). The van der Waals surface area contributed by atoms with Crippen molar-refractivity contribution in [3.05, 3.63) is 0 Å². The highest BCUT2D eigenvalue weighted by atomic mass is 16.4. The first-order valence-corrected chi connectivity index (χ1v) is 11.2. The second-order valence-electron chi connectivity index (χ2n) is 8.13. The molecule has 0 aromatic heterocycles. The third-order valence-corrected chi connectivity index (χ3v) is 4.41. The van der Waals surface area contributed by atoms with Crippen molar-refractivity contribution in [3.8, 4) is 0 Å². The van der Waals surface area contributed by atoms with Gasteiger partial charge in [0.25, 0.3) is 0 Å². The molecule has 0 spiro atoms. The van der Waals surface area contributed by atoms with Gasteiger partial charge in [0.05, 0.1) is 52.4 Å². The second-order valence-corrected chi connectivity index (χ2v) is 8.13. The third kappa shape index (κ3) is 24.3. The number of hydrogen-bond acceptors (Lipinski definition) is 13. The fourth-order valence-electron chi connectivity index (χ4n) is 3.00. The van der Waals surface area contributed by atoms with Crippen molar-refractivity contribution in [2.45, 2.75) is 6.23 Å². The Bertz CT molecular complexity index is 843. The molecule has 0 aliphatic heterocycles. The number of carbonyl (C=O) groups is 8. The molecule has 0 amide bonds. The van der Waals surface area contributed by atoms with Crippen molar-refractivity contribution in [2.75, 3.05) is 72.0 Å². The van der Waals surface area contributed by atoms with Gasteiger partial charge < -0.3 is 46.0 Å². The summed E-state index contributed by atoms with van der Waals surface area (Å²) in [5.41, 5.74) is 0. The van der Waals surface area contributed by atoms with Crippen LogP contribution in [0.25, 0.3) is 0 Å². The molecule has 0 aliphatic rings. The Morgan fingerprint density at radius 3 is 0.829 bits per heavy atom. The van der Waals surface area contributed by atoms with Gasteiger partial charge in [-0.2, -0.15) is 0 Å². The van der Waals surface area contributed by atoms with Crippen LogP contribution in [0, 0.1) is 0 Å². The zero-order valence-electron chi connectivity index (χ0n) is 21.4. The summed E-state index contributed by atoms with van der Waals surface area (Å²) >= 11 is 0. The smallest absolute Gasteiger partial charge is 0.317 e. The number of aliphatic hydroxyl groups excluding tert-OH is 1. The number of nitrogens with zero attached hydrogens (tertiary/aromatic N) is 4. The average Bonchev–Trinajstić information content (AvgIpc) is 2.74. The molecule has 21 nitrogen and oxygen atoms in total. The van der Waals surface area contributed by atoms with Gasteiger partial charge in [0.2, 0.25) is 0 Å². The van der Waals surface area contributed by atoms with E-state index in [1.165, 1.54) is 0 Å². The van der Waals surface area contributed by atoms with Gasteiger partial charge in [-0.3, -0.25) is 58.0 Å². The zero-order valence-corrected chi connectivity index (χ0v) is 21.4. The van der Waals surface area contributed by atoms with E-state index in [4.69, 9.17) is 40.9 Å². The van der Waals surface area contributed by atoms with Crippen LogP contribution in [0.1, 0.15) is 0 Å². The van der Waals surface area contributed by atoms with Crippen LogP contribution < -0.4 is 0 Å². The molecule has 0 saturated heterocycles. The fourth-order valence-corrected chi connectivity index (χ4v) is 3.00. The van der Waals surface area contributed by atoms with Crippen molar-refractivity contribution in [3.63, 3.8) is 0 Å². The molecule has 1 unspecified atom stereocenters. The first-order chi connectivity index (χ1) is 18.8. The van der Waals surface area contributed by atoms with Crippen LogP contribution in [-0.4, -0.2) is 192 Å². The van der Waals surface area contributed by atoms with Gasteiger partial charge in [0.15, 0.2) is 0 Å². The van der Waals surface area contributed by atoms with Crippen LogP contribution in [0.3, 0.4) is 0 Å². The Labute approximate surface area is 230 Å². The van der Waals surface area contributed by atoms with Crippen molar-refractivity contribution in [2.24, 2.45) is 0 Å². The van der Waals surface area contributed by atoms with Crippen LogP contribution >= 0.6 is 0 Å². The Hall–Kier alpha value is -4.44. The molecule has 0 aromatic rings. The highest BCUT2D eigenvalue weighted by Crippen LogP contribution is 2.01. The number of rotatable bonds is 22. The van der Waals surface area contributed by atoms with Crippen LogP contribution in [-0.2, 0) is 38.4 Å². The van der Waals surface area contributed by atoms with Gasteiger partial charge in [-0.15, -0.1) is 0 Å². The van der Waals surface area contributed by atoms with Crippen molar-refractivity contribution in [1.82, 2.24) is 19.6 Å². The summed E-state index contributed by atoms with van der Waals surface area (Å²) in [7, 11) is 0. The summed E-state index contributed by atoms with van der Waals surface area (Å²) in [4.78, 5) is 88.2. The van der Waals surface area contributed by atoms with Crippen LogP contribution in [0.15, 0.2) is 0 Å². The second kappa shape index (κ2) is 20.5. The minimum absolute atomic E-state index is 0.0703. The van der Waals surface area contributed by atoms with E-state index in [1.54, 1.807) is 0 Å². The molecule has 0 radical (unpaired) electrons. The Balaban J connectivity index is 0. The van der Waals surface area contributed by atoms with Gasteiger partial charge in [0, 0.05) is 19.6 Å². The summed E-state index contributed by atoms with van der Waals surface area (Å²) in [5, 5.41) is 78.7. The molecule has 41 heavy (non-hydrogen) atoms. The van der Waals surface area contributed by atoms with Crippen molar-refractivity contribution < 1.29 is 84.3 Å². The lowest BCUT2D eigenvalue weighted by Crippen LogP contribution is -2.49. The lowest BCUT2D eigenvalue weighted by Gasteiger charge is -2.28. The zero-order chi connectivity index (χ0) is 32.3. The standard InChI is InChI=1S/C10H16N2O9.C10H16N2O8/c13-6(12(4-9(18)19)5-10(20)21)1-11(2-7(14)15)3-8(16)17;13-7(14)3-11(4-8(15)16)1-2-12(5-9(17)18)6-10(19)20/h6,13H,1-5H2,(H,14,15)(H,16,17)(H,18,19)(H,20,21);1-6H2,(H,13,14)(H,15,16)(H,17,18)(H,19,20). The molecule has 0 bridgehead atoms. The largest absolute Gasteiger partial charge is 0.480 e. The predicted molar refractivity (Wildman–Crippen MR) is 128 cm³/mol. The fraction of sp³-hybridized carbons (Fsp3) is 0.600.